The van der Waals surface area contributed by atoms with Crippen molar-refractivity contribution in [3.8, 4) is 0 Å². The second kappa shape index (κ2) is 8.35. The van der Waals surface area contributed by atoms with Crippen molar-refractivity contribution in [1.82, 2.24) is 5.32 Å². The van der Waals surface area contributed by atoms with E-state index < -0.39 is 0 Å². The van der Waals surface area contributed by atoms with E-state index in [0.717, 1.165) is 18.7 Å². The summed E-state index contributed by atoms with van der Waals surface area (Å²) in [5, 5.41) is 6.41. The van der Waals surface area contributed by atoms with Crippen molar-refractivity contribution in [3.63, 3.8) is 0 Å². The monoisotopic (exact) mass is 296 g/mol. The topological polar surface area (TPSA) is 41.1 Å². The quantitative estimate of drug-likeness (QED) is 0.801. The average molecular weight is 296 g/mol. The molecule has 22 heavy (non-hydrogen) atoms. The van der Waals surface area contributed by atoms with Crippen LogP contribution in [0.1, 0.15) is 43.9 Å². The first-order valence-corrected chi connectivity index (χ1v) is 7.86. The summed E-state index contributed by atoms with van der Waals surface area (Å²) in [7, 11) is 0. The van der Waals surface area contributed by atoms with Crippen LogP contribution in [0.2, 0.25) is 0 Å². The molecule has 2 aromatic rings. The second-order valence-electron chi connectivity index (χ2n) is 5.51. The Kier molecular flexibility index (Phi) is 6.16. The number of nitrogens with one attached hydrogen (secondary N) is 2. The Morgan fingerprint density at radius 2 is 1.73 bits per heavy atom. The molecule has 0 aliphatic heterocycles. The average Bonchev–Trinajstić information content (AvgIpc) is 2.55. The molecule has 1 atom stereocenters. The van der Waals surface area contributed by atoms with Gasteiger partial charge in [0.1, 0.15) is 0 Å². The normalized spacial score (nSPS) is 11.9. The standard InChI is InChI=1S/C19H24N2O/c1-3-7-19(22)21-18-12-10-16(11-13-18)14-20-15(2)17-8-5-4-6-9-17/h4-6,8-13,15,20H,3,7,14H2,1-2H3,(H,21,22). The lowest BCUT2D eigenvalue weighted by atomic mass is 10.1. The molecule has 0 saturated carbocycles. The van der Waals surface area contributed by atoms with E-state index in [-0.39, 0.29) is 5.91 Å². The molecule has 1 unspecified atom stereocenters. The van der Waals surface area contributed by atoms with Gasteiger partial charge in [-0.2, -0.15) is 0 Å². The zero-order chi connectivity index (χ0) is 15.8. The summed E-state index contributed by atoms with van der Waals surface area (Å²) in [6.45, 7) is 4.97. The lowest BCUT2D eigenvalue weighted by molar-refractivity contribution is -0.116. The Bertz CT molecular complexity index is 578. The molecule has 2 N–H and O–H groups in total. The van der Waals surface area contributed by atoms with Crippen LogP contribution in [0.15, 0.2) is 54.6 Å². The number of rotatable bonds is 7. The number of carbonyl (C=O) groups excluding carboxylic acids is 1. The number of hydrogen-bond donors (Lipinski definition) is 2. The van der Waals surface area contributed by atoms with E-state index >= 15 is 0 Å². The summed E-state index contributed by atoms with van der Waals surface area (Å²) in [6, 6.07) is 18.7. The van der Waals surface area contributed by atoms with E-state index in [1.807, 2.05) is 37.3 Å². The van der Waals surface area contributed by atoms with E-state index in [0.29, 0.717) is 12.5 Å². The Hall–Kier alpha value is -2.13. The van der Waals surface area contributed by atoms with Gasteiger partial charge in [0.2, 0.25) is 5.91 Å². The minimum absolute atomic E-state index is 0.0751. The number of amides is 1. The Morgan fingerprint density at radius 3 is 2.36 bits per heavy atom. The van der Waals surface area contributed by atoms with Crippen LogP contribution >= 0.6 is 0 Å². The molecule has 0 saturated heterocycles. The van der Waals surface area contributed by atoms with Crippen LogP contribution in [0.5, 0.6) is 0 Å². The first-order valence-electron chi connectivity index (χ1n) is 7.86. The third-order valence-electron chi connectivity index (χ3n) is 3.63. The molecule has 0 bridgehead atoms. The highest BCUT2D eigenvalue weighted by atomic mass is 16.1. The van der Waals surface area contributed by atoms with E-state index in [9.17, 15) is 4.79 Å². The molecule has 2 rings (SSSR count). The molecule has 3 nitrogen and oxygen atoms in total. The summed E-state index contributed by atoms with van der Waals surface area (Å²) in [5.41, 5.74) is 3.35. The maximum Gasteiger partial charge on any atom is 0.224 e. The Morgan fingerprint density at radius 1 is 1.05 bits per heavy atom. The zero-order valence-electron chi connectivity index (χ0n) is 13.3. The Labute approximate surface area is 132 Å². The lowest BCUT2D eigenvalue weighted by Crippen LogP contribution is -2.18. The van der Waals surface area contributed by atoms with Gasteiger partial charge >= 0.3 is 0 Å². The van der Waals surface area contributed by atoms with E-state index in [1.165, 1.54) is 11.1 Å². The molecular formula is C19H24N2O. The van der Waals surface area contributed by atoms with E-state index in [4.69, 9.17) is 0 Å². The lowest BCUT2D eigenvalue weighted by Gasteiger charge is -2.14. The van der Waals surface area contributed by atoms with Gasteiger partial charge in [0.25, 0.3) is 0 Å². The third kappa shape index (κ3) is 5.01. The minimum Gasteiger partial charge on any atom is -0.326 e. The summed E-state index contributed by atoms with van der Waals surface area (Å²) in [5.74, 6) is 0.0751. The predicted octanol–water partition coefficient (Wildman–Crippen LogP) is 4.28. The molecule has 3 heteroatoms. The van der Waals surface area contributed by atoms with Crippen molar-refractivity contribution >= 4 is 11.6 Å². The highest BCUT2D eigenvalue weighted by molar-refractivity contribution is 5.90. The van der Waals surface area contributed by atoms with E-state index in [1.54, 1.807) is 0 Å². The van der Waals surface area contributed by atoms with E-state index in [2.05, 4.69) is 41.8 Å². The summed E-state index contributed by atoms with van der Waals surface area (Å²) >= 11 is 0. The van der Waals surface area contributed by atoms with Crippen molar-refractivity contribution in [1.29, 1.82) is 0 Å². The highest BCUT2D eigenvalue weighted by Crippen LogP contribution is 2.14. The Balaban J connectivity index is 1.85. The zero-order valence-corrected chi connectivity index (χ0v) is 13.3. The van der Waals surface area contributed by atoms with Crippen LogP contribution in [0, 0.1) is 0 Å². The number of hydrogen-bond acceptors (Lipinski definition) is 2. The van der Waals surface area contributed by atoms with Gasteiger partial charge in [-0.15, -0.1) is 0 Å². The van der Waals surface area contributed by atoms with Gasteiger partial charge in [-0.1, -0.05) is 49.4 Å². The first-order chi connectivity index (χ1) is 10.7. The number of anilines is 1. The van der Waals surface area contributed by atoms with Crippen LogP contribution < -0.4 is 10.6 Å². The highest BCUT2D eigenvalue weighted by Gasteiger charge is 2.04. The second-order valence-corrected chi connectivity index (χ2v) is 5.51. The molecule has 116 valence electrons. The van der Waals surface area contributed by atoms with Crippen molar-refractivity contribution in [2.24, 2.45) is 0 Å². The number of benzene rings is 2. The largest absolute Gasteiger partial charge is 0.326 e. The fraction of sp³-hybridized carbons (Fsp3) is 0.316. The fourth-order valence-corrected chi connectivity index (χ4v) is 2.29. The molecule has 0 heterocycles. The van der Waals surface area contributed by atoms with Crippen molar-refractivity contribution in [3.05, 3.63) is 65.7 Å². The number of carbonyl (C=O) groups is 1. The van der Waals surface area contributed by atoms with Gasteiger partial charge in [0, 0.05) is 24.7 Å². The SMILES string of the molecule is CCCC(=O)Nc1ccc(CNC(C)c2ccccc2)cc1. The molecule has 2 aromatic carbocycles. The molecule has 0 aromatic heterocycles. The molecule has 0 fully saturated rings. The van der Waals surface area contributed by atoms with Crippen LogP contribution in [-0.4, -0.2) is 5.91 Å². The summed E-state index contributed by atoms with van der Waals surface area (Å²) in [4.78, 5) is 11.5. The summed E-state index contributed by atoms with van der Waals surface area (Å²) in [6.07, 6.45) is 1.43. The molecule has 1 amide bonds. The van der Waals surface area contributed by atoms with Crippen molar-refractivity contribution in [2.45, 2.75) is 39.3 Å². The van der Waals surface area contributed by atoms with Crippen LogP contribution in [0.4, 0.5) is 5.69 Å². The smallest absolute Gasteiger partial charge is 0.224 e. The fourth-order valence-electron chi connectivity index (χ4n) is 2.29. The summed E-state index contributed by atoms with van der Waals surface area (Å²) < 4.78 is 0. The molecule has 0 aliphatic carbocycles. The van der Waals surface area contributed by atoms with Crippen LogP contribution in [-0.2, 0) is 11.3 Å². The van der Waals surface area contributed by atoms with Gasteiger partial charge in [-0.05, 0) is 36.6 Å². The van der Waals surface area contributed by atoms with Crippen LogP contribution in [0.25, 0.3) is 0 Å². The van der Waals surface area contributed by atoms with Gasteiger partial charge < -0.3 is 10.6 Å². The van der Waals surface area contributed by atoms with Crippen molar-refractivity contribution < 1.29 is 4.79 Å². The predicted molar refractivity (Wildman–Crippen MR) is 91.7 cm³/mol. The molecule has 0 radical (unpaired) electrons. The van der Waals surface area contributed by atoms with Gasteiger partial charge in [0.15, 0.2) is 0 Å². The maximum atomic E-state index is 11.5. The van der Waals surface area contributed by atoms with Gasteiger partial charge in [-0.25, -0.2) is 0 Å². The van der Waals surface area contributed by atoms with Crippen LogP contribution in [0.3, 0.4) is 0 Å². The molecular weight excluding hydrogens is 272 g/mol. The minimum atomic E-state index is 0.0751. The van der Waals surface area contributed by atoms with Gasteiger partial charge in [-0.3, -0.25) is 4.79 Å². The van der Waals surface area contributed by atoms with Gasteiger partial charge in [0.05, 0.1) is 0 Å². The maximum absolute atomic E-state index is 11.5. The molecule has 0 aliphatic rings. The molecule has 0 spiro atoms. The first kappa shape index (κ1) is 16.2. The third-order valence-corrected chi connectivity index (χ3v) is 3.63. The van der Waals surface area contributed by atoms with Crippen molar-refractivity contribution in [2.75, 3.05) is 5.32 Å².